The molecule has 0 saturated heterocycles. The topological polar surface area (TPSA) is 34.4 Å². The molecule has 1 heterocycles. The largest absolute Gasteiger partial charge is 0.486 e. The van der Waals surface area contributed by atoms with E-state index in [9.17, 15) is 0 Å². The molecule has 0 unspecified atom stereocenters. The second kappa shape index (κ2) is 8.11. The maximum atomic E-state index is 6.10. The minimum atomic E-state index is 0.429. The molecule has 0 aliphatic carbocycles. The molecule has 0 bridgehead atoms. The van der Waals surface area contributed by atoms with E-state index in [4.69, 9.17) is 20.8 Å². The second-order valence-corrected chi connectivity index (χ2v) is 5.35. The summed E-state index contributed by atoms with van der Waals surface area (Å²) in [5.74, 6) is 2.59. The number of rotatable bonds is 8. The minimum absolute atomic E-state index is 0.429. The third kappa shape index (κ3) is 4.80. The summed E-state index contributed by atoms with van der Waals surface area (Å²) in [6.45, 7) is 6.41. The Kier molecular flexibility index (Phi) is 6.15. The molecule has 0 aliphatic heterocycles. The van der Waals surface area contributed by atoms with Gasteiger partial charge in [-0.05, 0) is 55.3 Å². The zero-order chi connectivity index (χ0) is 15.1. The number of benzene rings is 1. The first-order valence-electron chi connectivity index (χ1n) is 7.42. The molecule has 0 saturated carbocycles. The molecule has 0 atom stereocenters. The van der Waals surface area contributed by atoms with Crippen LogP contribution in [0.4, 0.5) is 0 Å². The Morgan fingerprint density at radius 2 is 1.95 bits per heavy atom. The van der Waals surface area contributed by atoms with Crippen molar-refractivity contribution in [2.45, 2.75) is 39.8 Å². The predicted molar refractivity (Wildman–Crippen MR) is 85.9 cm³/mol. The Hall–Kier alpha value is -1.45. The fraction of sp³-hybridized carbons (Fsp3) is 0.412. The summed E-state index contributed by atoms with van der Waals surface area (Å²) < 4.78 is 11.5. The molecule has 21 heavy (non-hydrogen) atoms. The fourth-order valence-electron chi connectivity index (χ4n) is 2.05. The van der Waals surface area contributed by atoms with E-state index in [-0.39, 0.29) is 0 Å². The third-order valence-electron chi connectivity index (χ3n) is 3.22. The predicted octanol–water partition coefficient (Wildman–Crippen LogP) is 4.57. The van der Waals surface area contributed by atoms with Crippen LogP contribution < -0.4 is 10.1 Å². The summed E-state index contributed by atoms with van der Waals surface area (Å²) in [5, 5.41) is 4.09. The van der Waals surface area contributed by atoms with Crippen molar-refractivity contribution in [1.82, 2.24) is 5.32 Å². The SMILES string of the molecule is CCCNCc1ccc(COc2ccc(Cl)c(CC)c2)o1. The van der Waals surface area contributed by atoms with Crippen molar-refractivity contribution in [3.05, 3.63) is 52.4 Å². The highest BCUT2D eigenvalue weighted by atomic mass is 35.5. The van der Waals surface area contributed by atoms with Crippen LogP contribution in [0.1, 0.15) is 37.4 Å². The lowest BCUT2D eigenvalue weighted by atomic mass is 10.1. The van der Waals surface area contributed by atoms with Gasteiger partial charge in [0, 0.05) is 5.02 Å². The quantitative estimate of drug-likeness (QED) is 0.725. The Morgan fingerprint density at radius 3 is 2.71 bits per heavy atom. The van der Waals surface area contributed by atoms with Crippen molar-refractivity contribution in [3.8, 4) is 5.75 Å². The van der Waals surface area contributed by atoms with Crippen molar-refractivity contribution >= 4 is 11.6 Å². The van der Waals surface area contributed by atoms with Crippen LogP contribution in [-0.2, 0) is 19.6 Å². The van der Waals surface area contributed by atoms with Gasteiger partial charge in [0.15, 0.2) is 0 Å². The zero-order valence-electron chi connectivity index (χ0n) is 12.6. The summed E-state index contributed by atoms with van der Waals surface area (Å²) in [6, 6.07) is 9.68. The van der Waals surface area contributed by atoms with Crippen LogP contribution in [0, 0.1) is 0 Å². The Bertz CT molecular complexity index is 566. The first-order valence-corrected chi connectivity index (χ1v) is 7.80. The van der Waals surface area contributed by atoms with Crippen molar-refractivity contribution in [1.29, 1.82) is 0 Å². The lowest BCUT2D eigenvalue weighted by Crippen LogP contribution is -2.13. The fourth-order valence-corrected chi connectivity index (χ4v) is 2.30. The lowest BCUT2D eigenvalue weighted by molar-refractivity contribution is 0.265. The molecule has 0 aliphatic rings. The second-order valence-electron chi connectivity index (χ2n) is 4.94. The van der Waals surface area contributed by atoms with Crippen molar-refractivity contribution in [3.63, 3.8) is 0 Å². The Balaban J connectivity index is 1.88. The molecule has 0 fully saturated rings. The van der Waals surface area contributed by atoms with E-state index in [2.05, 4.69) is 19.2 Å². The van der Waals surface area contributed by atoms with E-state index in [1.165, 1.54) is 0 Å². The van der Waals surface area contributed by atoms with Crippen molar-refractivity contribution < 1.29 is 9.15 Å². The molecule has 0 radical (unpaired) electrons. The van der Waals surface area contributed by atoms with E-state index in [0.717, 1.165) is 53.8 Å². The van der Waals surface area contributed by atoms with Crippen LogP contribution in [-0.4, -0.2) is 6.54 Å². The molecule has 0 spiro atoms. The average Bonchev–Trinajstić information content (AvgIpc) is 2.94. The van der Waals surface area contributed by atoms with Gasteiger partial charge in [0.1, 0.15) is 23.9 Å². The van der Waals surface area contributed by atoms with E-state index < -0.39 is 0 Å². The van der Waals surface area contributed by atoms with Gasteiger partial charge < -0.3 is 14.5 Å². The number of hydrogen-bond donors (Lipinski definition) is 1. The molecule has 0 amide bonds. The molecule has 1 aromatic carbocycles. The summed E-state index contributed by atoms with van der Waals surface area (Å²) in [4.78, 5) is 0. The van der Waals surface area contributed by atoms with E-state index >= 15 is 0 Å². The Labute approximate surface area is 131 Å². The van der Waals surface area contributed by atoms with Gasteiger partial charge in [-0.2, -0.15) is 0 Å². The van der Waals surface area contributed by atoms with Crippen LogP contribution in [0.5, 0.6) is 5.75 Å². The summed E-state index contributed by atoms with van der Waals surface area (Å²) in [6.07, 6.45) is 2.01. The third-order valence-corrected chi connectivity index (χ3v) is 3.59. The maximum Gasteiger partial charge on any atom is 0.146 e. The van der Waals surface area contributed by atoms with E-state index in [1.807, 2.05) is 30.3 Å². The highest BCUT2D eigenvalue weighted by Gasteiger charge is 2.05. The number of hydrogen-bond acceptors (Lipinski definition) is 3. The van der Waals surface area contributed by atoms with Gasteiger partial charge in [0.05, 0.1) is 6.54 Å². The standard InChI is InChI=1S/C17H22ClNO2/c1-3-9-19-11-15-5-6-16(21-15)12-20-14-7-8-17(18)13(4-2)10-14/h5-8,10,19H,3-4,9,11-12H2,1-2H3. The molecule has 3 nitrogen and oxygen atoms in total. The zero-order valence-corrected chi connectivity index (χ0v) is 13.4. The monoisotopic (exact) mass is 307 g/mol. The number of nitrogens with one attached hydrogen (secondary N) is 1. The number of halogens is 1. The molecule has 114 valence electrons. The minimum Gasteiger partial charge on any atom is -0.486 e. The molecule has 4 heteroatoms. The van der Waals surface area contributed by atoms with Crippen LogP contribution >= 0.6 is 11.6 Å². The van der Waals surface area contributed by atoms with Crippen molar-refractivity contribution in [2.24, 2.45) is 0 Å². The average molecular weight is 308 g/mol. The van der Waals surface area contributed by atoms with Gasteiger partial charge >= 0.3 is 0 Å². The number of aryl methyl sites for hydroxylation is 1. The van der Waals surface area contributed by atoms with Crippen LogP contribution in [0.3, 0.4) is 0 Å². The summed E-state index contributed by atoms with van der Waals surface area (Å²) in [5.41, 5.74) is 1.10. The van der Waals surface area contributed by atoms with Gasteiger partial charge in [0.25, 0.3) is 0 Å². The number of ether oxygens (including phenoxy) is 1. The molecule has 2 aromatic rings. The molecule has 1 aromatic heterocycles. The van der Waals surface area contributed by atoms with Gasteiger partial charge in [-0.25, -0.2) is 0 Å². The van der Waals surface area contributed by atoms with Gasteiger partial charge in [-0.1, -0.05) is 25.4 Å². The highest BCUT2D eigenvalue weighted by Crippen LogP contribution is 2.23. The summed E-state index contributed by atoms with van der Waals surface area (Å²) >= 11 is 6.10. The molecule has 2 rings (SSSR count). The molecular formula is C17H22ClNO2. The first-order chi connectivity index (χ1) is 10.2. The van der Waals surface area contributed by atoms with Crippen LogP contribution in [0.2, 0.25) is 5.02 Å². The summed E-state index contributed by atoms with van der Waals surface area (Å²) in [7, 11) is 0. The number of furan rings is 1. The highest BCUT2D eigenvalue weighted by molar-refractivity contribution is 6.31. The van der Waals surface area contributed by atoms with E-state index in [1.54, 1.807) is 0 Å². The maximum absolute atomic E-state index is 6.10. The molecule has 1 N–H and O–H groups in total. The molecular weight excluding hydrogens is 286 g/mol. The smallest absolute Gasteiger partial charge is 0.146 e. The van der Waals surface area contributed by atoms with Crippen molar-refractivity contribution in [2.75, 3.05) is 6.54 Å². The van der Waals surface area contributed by atoms with E-state index in [0.29, 0.717) is 6.61 Å². The van der Waals surface area contributed by atoms with Gasteiger partial charge in [-0.15, -0.1) is 0 Å². The van der Waals surface area contributed by atoms with Gasteiger partial charge in [0.2, 0.25) is 0 Å². The Morgan fingerprint density at radius 1 is 1.14 bits per heavy atom. The van der Waals surface area contributed by atoms with Gasteiger partial charge in [-0.3, -0.25) is 0 Å². The lowest BCUT2D eigenvalue weighted by Gasteiger charge is -2.07. The first kappa shape index (κ1) is 15.9. The van der Waals surface area contributed by atoms with Crippen LogP contribution in [0.25, 0.3) is 0 Å². The van der Waals surface area contributed by atoms with Crippen LogP contribution in [0.15, 0.2) is 34.7 Å². The normalized spacial score (nSPS) is 10.8.